The fourth-order valence-corrected chi connectivity index (χ4v) is 6.41. The van der Waals surface area contributed by atoms with Gasteiger partial charge in [-0.05, 0) is 105 Å². The van der Waals surface area contributed by atoms with Crippen LogP contribution in [0.3, 0.4) is 0 Å². The van der Waals surface area contributed by atoms with E-state index in [-0.39, 0.29) is 18.3 Å². The molecular formula is C30H37FN2O3S. The summed E-state index contributed by atoms with van der Waals surface area (Å²) in [5.74, 6) is 1.23. The number of aromatic nitrogens is 1. The normalized spacial score (nSPS) is 19.1. The Morgan fingerprint density at radius 3 is 2.86 bits per heavy atom. The average Bonchev–Trinajstić information content (AvgIpc) is 2.90. The van der Waals surface area contributed by atoms with Crippen LogP contribution in [0, 0.1) is 18.8 Å². The molecular weight excluding hydrogens is 487 g/mol. The molecule has 4 rings (SSSR count). The van der Waals surface area contributed by atoms with Crippen LogP contribution in [0.1, 0.15) is 49.4 Å². The summed E-state index contributed by atoms with van der Waals surface area (Å²) in [7, 11) is 1.60. The molecule has 3 aromatic rings. The highest BCUT2D eigenvalue weighted by molar-refractivity contribution is 7.99. The summed E-state index contributed by atoms with van der Waals surface area (Å²) in [6.07, 6.45) is 3.72. The van der Waals surface area contributed by atoms with Gasteiger partial charge in [0, 0.05) is 29.4 Å². The maximum atomic E-state index is 15.5. The summed E-state index contributed by atoms with van der Waals surface area (Å²) in [5.41, 5.74) is 2.68. The van der Waals surface area contributed by atoms with Gasteiger partial charge in [0.1, 0.15) is 11.9 Å². The zero-order valence-corrected chi connectivity index (χ0v) is 22.6. The van der Waals surface area contributed by atoms with E-state index in [9.17, 15) is 9.90 Å². The van der Waals surface area contributed by atoms with Gasteiger partial charge >= 0.3 is 5.97 Å². The second-order valence-electron chi connectivity index (χ2n) is 10.0. The summed E-state index contributed by atoms with van der Waals surface area (Å²) < 4.78 is 20.8. The highest BCUT2D eigenvalue weighted by Crippen LogP contribution is 2.36. The number of methoxy groups -OCH3 is 1. The van der Waals surface area contributed by atoms with Crippen molar-refractivity contribution in [3.05, 3.63) is 65.9 Å². The van der Waals surface area contributed by atoms with Crippen molar-refractivity contribution in [2.45, 2.75) is 50.1 Å². The van der Waals surface area contributed by atoms with Crippen LogP contribution in [0.25, 0.3) is 10.9 Å². The van der Waals surface area contributed by atoms with Gasteiger partial charge in [-0.2, -0.15) is 0 Å². The summed E-state index contributed by atoms with van der Waals surface area (Å²) in [6, 6.07) is 15.7. The third-order valence-electron chi connectivity index (χ3n) is 7.49. The van der Waals surface area contributed by atoms with Crippen LogP contribution in [-0.2, 0) is 4.79 Å². The Morgan fingerprint density at radius 2 is 2.08 bits per heavy atom. The molecule has 198 valence electrons. The van der Waals surface area contributed by atoms with Gasteiger partial charge in [-0.1, -0.05) is 18.2 Å². The zero-order chi connectivity index (χ0) is 26.2. The van der Waals surface area contributed by atoms with Crippen molar-refractivity contribution < 1.29 is 19.0 Å². The number of carboxylic acid groups (broad SMARTS) is 1. The van der Waals surface area contributed by atoms with E-state index in [2.05, 4.69) is 41.1 Å². The minimum Gasteiger partial charge on any atom is -0.497 e. The maximum Gasteiger partial charge on any atom is 0.303 e. The van der Waals surface area contributed by atoms with Gasteiger partial charge in [0.15, 0.2) is 0 Å². The predicted molar refractivity (Wildman–Crippen MR) is 148 cm³/mol. The number of aliphatic carboxylic acids is 1. The number of aryl methyl sites for hydroxylation is 1. The number of carboxylic acids is 1. The molecule has 0 spiro atoms. The molecule has 1 aliphatic heterocycles. The van der Waals surface area contributed by atoms with Crippen molar-refractivity contribution in [3.63, 3.8) is 0 Å². The number of halogens is 1. The molecule has 0 amide bonds. The molecule has 0 saturated carbocycles. The van der Waals surface area contributed by atoms with Crippen LogP contribution < -0.4 is 4.74 Å². The first kappa shape index (κ1) is 27.4. The van der Waals surface area contributed by atoms with Gasteiger partial charge in [-0.25, -0.2) is 4.39 Å². The van der Waals surface area contributed by atoms with Crippen molar-refractivity contribution >= 4 is 28.6 Å². The number of pyridine rings is 1. The number of hydrogen-bond donors (Lipinski definition) is 1. The Hall–Kier alpha value is -2.64. The summed E-state index contributed by atoms with van der Waals surface area (Å²) in [5, 5.41) is 10.3. The SMILES string of the molecule is COc1ccc2nccc(C(F)CC[C@@H]3CCN(CCCSc4ccccc4C)C[C@@H]3CC(=O)O)c2c1. The summed E-state index contributed by atoms with van der Waals surface area (Å²) in [4.78, 5) is 19.7. The maximum absolute atomic E-state index is 15.5. The first-order chi connectivity index (χ1) is 17.9. The number of nitrogens with zero attached hydrogens (tertiary/aromatic N) is 2. The van der Waals surface area contributed by atoms with Crippen LogP contribution in [-0.4, -0.2) is 53.5 Å². The van der Waals surface area contributed by atoms with E-state index in [1.807, 2.05) is 30.0 Å². The van der Waals surface area contributed by atoms with Gasteiger partial charge in [-0.15, -0.1) is 11.8 Å². The highest BCUT2D eigenvalue weighted by Gasteiger charge is 2.31. The van der Waals surface area contributed by atoms with Gasteiger partial charge in [-0.3, -0.25) is 9.78 Å². The molecule has 2 heterocycles. The molecule has 0 bridgehead atoms. The molecule has 1 aromatic heterocycles. The van der Waals surface area contributed by atoms with Crippen LogP contribution in [0.2, 0.25) is 0 Å². The highest BCUT2D eigenvalue weighted by atomic mass is 32.2. The minimum absolute atomic E-state index is 0.0525. The van der Waals surface area contributed by atoms with Crippen molar-refractivity contribution in [2.75, 3.05) is 32.5 Å². The number of alkyl halides is 1. The first-order valence-corrected chi connectivity index (χ1v) is 14.1. The van der Waals surface area contributed by atoms with E-state index in [4.69, 9.17) is 4.74 Å². The molecule has 7 heteroatoms. The van der Waals surface area contributed by atoms with E-state index in [1.165, 1.54) is 10.5 Å². The number of hydrogen-bond acceptors (Lipinski definition) is 5. The van der Waals surface area contributed by atoms with Crippen molar-refractivity contribution in [1.82, 2.24) is 9.88 Å². The van der Waals surface area contributed by atoms with Gasteiger partial charge in [0.25, 0.3) is 0 Å². The zero-order valence-electron chi connectivity index (χ0n) is 21.7. The third kappa shape index (κ3) is 7.45. The van der Waals surface area contributed by atoms with Crippen LogP contribution in [0.4, 0.5) is 4.39 Å². The second-order valence-corrected chi connectivity index (χ2v) is 11.1. The molecule has 1 aliphatic rings. The van der Waals surface area contributed by atoms with Gasteiger partial charge in [0.2, 0.25) is 0 Å². The lowest BCUT2D eigenvalue weighted by Gasteiger charge is -2.38. The molecule has 2 aromatic carbocycles. The smallest absolute Gasteiger partial charge is 0.303 e. The molecule has 0 radical (unpaired) electrons. The quantitative estimate of drug-likeness (QED) is 0.205. The van der Waals surface area contributed by atoms with Crippen LogP contribution in [0.15, 0.2) is 59.6 Å². The number of benzene rings is 2. The van der Waals surface area contributed by atoms with E-state index in [0.29, 0.717) is 24.2 Å². The Balaban J connectivity index is 1.31. The molecule has 1 N–H and O–H groups in total. The Morgan fingerprint density at radius 1 is 1.24 bits per heavy atom. The third-order valence-corrected chi connectivity index (χ3v) is 8.75. The number of rotatable bonds is 12. The first-order valence-electron chi connectivity index (χ1n) is 13.1. The van der Waals surface area contributed by atoms with Crippen molar-refractivity contribution in [2.24, 2.45) is 11.8 Å². The topological polar surface area (TPSA) is 62.7 Å². The molecule has 1 unspecified atom stereocenters. The predicted octanol–water partition coefficient (Wildman–Crippen LogP) is 6.94. The number of thioether (sulfide) groups is 1. The number of likely N-dealkylation sites (tertiary alicyclic amines) is 1. The van der Waals surface area contributed by atoms with Gasteiger partial charge < -0.3 is 14.7 Å². The van der Waals surface area contributed by atoms with Crippen molar-refractivity contribution in [3.8, 4) is 5.75 Å². The molecule has 0 aliphatic carbocycles. The number of carbonyl (C=O) groups is 1. The lowest BCUT2D eigenvalue weighted by atomic mass is 9.79. The lowest BCUT2D eigenvalue weighted by molar-refractivity contribution is -0.139. The van der Waals surface area contributed by atoms with Crippen LogP contribution >= 0.6 is 11.8 Å². The molecule has 1 fully saturated rings. The van der Waals surface area contributed by atoms with E-state index < -0.39 is 12.1 Å². The number of piperidine rings is 1. The molecule has 37 heavy (non-hydrogen) atoms. The van der Waals surface area contributed by atoms with E-state index in [1.54, 1.807) is 19.4 Å². The fourth-order valence-electron chi connectivity index (χ4n) is 5.45. The summed E-state index contributed by atoms with van der Waals surface area (Å²) in [6.45, 7) is 4.83. The van der Waals surface area contributed by atoms with Gasteiger partial charge in [0.05, 0.1) is 12.6 Å². The largest absolute Gasteiger partial charge is 0.497 e. The minimum atomic E-state index is -1.13. The lowest BCUT2D eigenvalue weighted by Crippen LogP contribution is -2.42. The standard InChI is InChI=1S/C30H37FN2O3S/c1-21-6-3-4-7-29(21)37-17-5-15-33-16-13-22(23(20-33)18-30(34)35)8-10-27(31)25-12-14-32-28-11-9-24(36-2)19-26(25)28/h3-4,6-7,9,11-12,14,19,22-23,27H,5,8,10,13,15-18,20H2,1-2H3,(H,34,35)/t22-,23+,27?/m1/s1. The second kappa shape index (κ2) is 13.2. The summed E-state index contributed by atoms with van der Waals surface area (Å²) >= 11 is 1.89. The van der Waals surface area contributed by atoms with Crippen molar-refractivity contribution in [1.29, 1.82) is 0 Å². The Bertz CT molecular complexity index is 1190. The van der Waals surface area contributed by atoms with E-state index >= 15 is 4.39 Å². The fraction of sp³-hybridized carbons (Fsp3) is 0.467. The molecule has 3 atom stereocenters. The molecule has 1 saturated heterocycles. The number of fused-ring (bicyclic) bond motifs is 1. The Labute approximate surface area is 223 Å². The number of ether oxygens (including phenoxy) is 1. The molecule has 5 nitrogen and oxygen atoms in total. The monoisotopic (exact) mass is 524 g/mol. The van der Waals surface area contributed by atoms with E-state index in [0.717, 1.165) is 49.1 Å². The average molecular weight is 525 g/mol. The Kier molecular flexibility index (Phi) is 9.81. The van der Waals surface area contributed by atoms with Crippen LogP contribution in [0.5, 0.6) is 5.75 Å².